The molecule has 0 heterocycles. The van der Waals surface area contributed by atoms with Gasteiger partial charge in [-0.3, -0.25) is 9.98 Å². The summed E-state index contributed by atoms with van der Waals surface area (Å²) in [5.74, 6) is -0.450. The molecule has 0 spiro atoms. The average molecular weight is 574 g/mol. The van der Waals surface area contributed by atoms with Crippen molar-refractivity contribution in [2.45, 2.75) is 111 Å². The molecule has 1 aliphatic carbocycles. The molecule has 214 valence electrons. The second kappa shape index (κ2) is 14.1. The Balaban J connectivity index is 0.00000142. The molecule has 0 unspecified atom stereocenters. The molecular formula is C32H45CrN2O4-. The third-order valence-corrected chi connectivity index (χ3v) is 6.69. The van der Waals surface area contributed by atoms with Gasteiger partial charge in [-0.2, -0.15) is 0 Å². The van der Waals surface area contributed by atoms with Crippen molar-refractivity contribution in [2.24, 2.45) is 9.98 Å². The number of nitrogens with zero attached hydrogens (tertiary/aromatic N) is 2. The van der Waals surface area contributed by atoms with E-state index in [-0.39, 0.29) is 40.3 Å². The minimum atomic E-state index is -1.08. The van der Waals surface area contributed by atoms with Crippen LogP contribution in [0, 0.1) is 13.8 Å². The van der Waals surface area contributed by atoms with Crippen LogP contribution in [0.15, 0.2) is 34.3 Å². The zero-order chi connectivity index (χ0) is 28.8. The van der Waals surface area contributed by atoms with Crippen LogP contribution in [0.3, 0.4) is 0 Å². The maximum absolute atomic E-state index is 10.9. The summed E-state index contributed by atoms with van der Waals surface area (Å²) < 4.78 is 0. The fourth-order valence-electron chi connectivity index (χ4n) is 4.75. The zero-order valence-corrected chi connectivity index (χ0v) is 26.2. The van der Waals surface area contributed by atoms with E-state index in [4.69, 9.17) is 19.9 Å². The number of phenols is 2. The molecule has 0 aromatic heterocycles. The largest absolute Gasteiger partial charge is 0.550 e. The summed E-state index contributed by atoms with van der Waals surface area (Å²) in [5, 5.41) is 30.7. The normalized spacial score (nSPS) is 18.0. The molecule has 0 amide bonds. The van der Waals surface area contributed by atoms with E-state index in [0.29, 0.717) is 11.5 Å². The Morgan fingerprint density at radius 3 is 1.38 bits per heavy atom. The van der Waals surface area contributed by atoms with Crippen LogP contribution in [0.5, 0.6) is 11.5 Å². The predicted octanol–water partition coefficient (Wildman–Crippen LogP) is 5.91. The molecule has 1 aliphatic rings. The molecule has 1 fully saturated rings. The van der Waals surface area contributed by atoms with Crippen molar-refractivity contribution in [1.29, 1.82) is 0 Å². The van der Waals surface area contributed by atoms with Gasteiger partial charge in [-0.1, -0.05) is 66.5 Å². The van der Waals surface area contributed by atoms with Crippen LogP contribution in [0.25, 0.3) is 0 Å². The number of aryl methyl sites for hydroxylation is 2. The molecule has 2 aromatic carbocycles. The summed E-state index contributed by atoms with van der Waals surface area (Å²) in [5.41, 5.74) is 5.37. The first kappa shape index (κ1) is 34.4. The molecule has 0 radical (unpaired) electrons. The number of hydrogen-bond donors (Lipinski definition) is 2. The zero-order valence-electron chi connectivity index (χ0n) is 25.0. The molecule has 0 aliphatic heterocycles. The van der Waals surface area contributed by atoms with E-state index in [1.165, 1.54) is 0 Å². The average Bonchev–Trinajstić information content (AvgIpc) is 2.78. The minimum absolute atomic E-state index is 0. The number of benzene rings is 2. The Kier molecular flexibility index (Phi) is 12.5. The first-order chi connectivity index (χ1) is 17.5. The first-order valence-electron chi connectivity index (χ1n) is 13.4. The third-order valence-electron chi connectivity index (χ3n) is 6.69. The van der Waals surface area contributed by atoms with Crippen molar-refractivity contribution in [3.63, 3.8) is 0 Å². The van der Waals surface area contributed by atoms with Crippen LogP contribution < -0.4 is 5.11 Å². The molecule has 7 heteroatoms. The Bertz CT molecular complexity index is 1100. The monoisotopic (exact) mass is 573 g/mol. The van der Waals surface area contributed by atoms with Gasteiger partial charge in [0.2, 0.25) is 0 Å². The van der Waals surface area contributed by atoms with Crippen molar-refractivity contribution >= 4 is 18.4 Å². The molecule has 39 heavy (non-hydrogen) atoms. The van der Waals surface area contributed by atoms with E-state index in [2.05, 4.69) is 67.5 Å². The summed E-state index contributed by atoms with van der Waals surface area (Å²) in [7, 11) is 0. The number of carbonyl (C=O) groups excluding carboxylic acids is 1. The number of carbonyl (C=O) groups is 1. The van der Waals surface area contributed by atoms with Crippen molar-refractivity contribution < 1.29 is 37.5 Å². The van der Waals surface area contributed by atoms with Crippen LogP contribution in [0.2, 0.25) is 0 Å². The minimum Gasteiger partial charge on any atom is -0.550 e. The van der Waals surface area contributed by atoms with Crippen molar-refractivity contribution in [2.75, 3.05) is 0 Å². The van der Waals surface area contributed by atoms with E-state index in [1.807, 2.05) is 24.6 Å². The van der Waals surface area contributed by atoms with Crippen LogP contribution >= 0.6 is 0 Å². The Morgan fingerprint density at radius 2 is 1.10 bits per heavy atom. The van der Waals surface area contributed by atoms with E-state index in [0.717, 1.165) is 66.0 Å². The van der Waals surface area contributed by atoms with Crippen molar-refractivity contribution in [3.8, 4) is 11.5 Å². The van der Waals surface area contributed by atoms with Crippen molar-refractivity contribution in [1.82, 2.24) is 0 Å². The molecule has 0 saturated heterocycles. The summed E-state index contributed by atoms with van der Waals surface area (Å²) in [4.78, 5) is 18.7. The number of aliphatic carboxylic acids is 1. The van der Waals surface area contributed by atoms with E-state index in [9.17, 15) is 10.2 Å². The molecule has 2 atom stereocenters. The van der Waals surface area contributed by atoms with Gasteiger partial charge < -0.3 is 20.1 Å². The molecule has 2 aromatic rings. The Hall–Kier alpha value is -2.62. The Labute approximate surface area is 245 Å². The molecular weight excluding hydrogens is 528 g/mol. The standard InChI is InChI=1S/C30H42N2O2.C2H4O2.Cr/c1-19-13-21(27(33)23(15-19)29(3,4)5)17-31-25-11-9-10-12-26(25)32-18-22-14-20(2)16-24(28(22)34)30(6,7)8;1-2(3)4;/h13-18,25-26,33-34H,9-12H2,1-8H3;1H3,(H,3,4);/p-1/t25-,26-;;/m1../s1. The van der Waals surface area contributed by atoms with Gasteiger partial charge in [0.05, 0.1) is 12.1 Å². The van der Waals surface area contributed by atoms with Crippen LogP contribution in [0.1, 0.15) is 108 Å². The summed E-state index contributed by atoms with van der Waals surface area (Å²) in [6.45, 7) is 17.8. The summed E-state index contributed by atoms with van der Waals surface area (Å²) in [6.07, 6.45) is 7.88. The van der Waals surface area contributed by atoms with Gasteiger partial charge in [0.1, 0.15) is 11.5 Å². The summed E-state index contributed by atoms with van der Waals surface area (Å²) >= 11 is 0. The number of phenolic OH excluding ortho intramolecular Hbond substituents is 2. The van der Waals surface area contributed by atoms with Crippen LogP contribution in [0.4, 0.5) is 0 Å². The quantitative estimate of drug-likeness (QED) is 0.444. The molecule has 6 nitrogen and oxygen atoms in total. The molecule has 3 rings (SSSR count). The Morgan fingerprint density at radius 1 is 0.795 bits per heavy atom. The molecule has 0 bridgehead atoms. The number of hydrogen-bond acceptors (Lipinski definition) is 6. The first-order valence-corrected chi connectivity index (χ1v) is 13.4. The smallest absolute Gasteiger partial charge is 0.128 e. The SMILES string of the molecule is CC(=O)[O-].Cc1cc(C=N[C@@H]2CCCC[C@H]2N=Cc2cc(C)cc(C(C)(C)C)c2O)c(O)c(C(C)(C)C)c1.[Cr]. The second-order valence-electron chi connectivity index (χ2n) is 12.5. The van der Waals surface area contributed by atoms with Crippen molar-refractivity contribution in [3.05, 3.63) is 57.6 Å². The second-order valence-corrected chi connectivity index (χ2v) is 12.5. The van der Waals surface area contributed by atoms with E-state index in [1.54, 1.807) is 0 Å². The number of rotatable bonds is 4. The maximum atomic E-state index is 10.9. The topological polar surface area (TPSA) is 105 Å². The number of aromatic hydroxyl groups is 2. The molecule has 2 N–H and O–H groups in total. The van der Waals surface area contributed by atoms with Gasteiger partial charge >= 0.3 is 0 Å². The molecule has 1 saturated carbocycles. The summed E-state index contributed by atoms with van der Waals surface area (Å²) in [6, 6.07) is 8.23. The number of aliphatic imine (C=N–C) groups is 2. The maximum Gasteiger partial charge on any atom is 0.128 e. The fourth-order valence-corrected chi connectivity index (χ4v) is 4.75. The van der Waals surface area contributed by atoms with Gasteiger partial charge in [-0.15, -0.1) is 0 Å². The predicted molar refractivity (Wildman–Crippen MR) is 155 cm³/mol. The van der Waals surface area contributed by atoms with Gasteiger partial charge in [-0.05, 0) is 67.7 Å². The number of carboxylic acid groups (broad SMARTS) is 1. The third kappa shape index (κ3) is 10.1. The van der Waals surface area contributed by atoms with Gasteiger partial charge in [0.25, 0.3) is 0 Å². The van der Waals surface area contributed by atoms with Crippen LogP contribution in [-0.4, -0.2) is 40.7 Å². The van der Waals surface area contributed by atoms with Gasteiger partial charge in [0, 0.05) is 58.0 Å². The number of carboxylic acids is 1. The van der Waals surface area contributed by atoms with E-state index < -0.39 is 5.97 Å². The van der Waals surface area contributed by atoms with Crippen LogP contribution in [-0.2, 0) is 33.0 Å². The fraction of sp³-hybridized carbons (Fsp3) is 0.531. The van der Waals surface area contributed by atoms with Gasteiger partial charge in [-0.25, -0.2) is 0 Å². The van der Waals surface area contributed by atoms with E-state index >= 15 is 0 Å². The van der Waals surface area contributed by atoms with Gasteiger partial charge in [0.15, 0.2) is 0 Å².